The minimum atomic E-state index is -1.16. The molecule has 1 atom stereocenters. The Morgan fingerprint density at radius 3 is 2.15 bits per heavy atom. The Morgan fingerprint density at radius 2 is 1.70 bits per heavy atom. The van der Waals surface area contributed by atoms with Crippen LogP contribution in [0.1, 0.15) is 25.3 Å². The summed E-state index contributed by atoms with van der Waals surface area (Å²) in [7, 11) is 0. The van der Waals surface area contributed by atoms with E-state index in [4.69, 9.17) is 16.3 Å². The topological polar surface area (TPSA) is 93.9 Å². The summed E-state index contributed by atoms with van der Waals surface area (Å²) in [6, 6.07) is 13.1. The molecule has 1 aromatic rings. The Hall–Kier alpha value is -2.37. The maximum absolute atomic E-state index is 12.6. The quantitative estimate of drug-likeness (QED) is 0.847. The Bertz CT molecular complexity index is 507. The number of hydrogen-bond acceptors (Lipinski definition) is 4. The standard InChI is InChI=1S/C15H18N4O/c1-15(18,13-7-3-2-4-8-13)14(20)19(11-5-9-16)12-6-10-17/h2-4,7-8H,5-6,11-12,18H2,1H3. The normalized spacial score (nSPS) is 12.8. The molecule has 104 valence electrons. The zero-order valence-corrected chi connectivity index (χ0v) is 11.5. The molecule has 1 rings (SSSR count). The van der Waals surface area contributed by atoms with E-state index in [1.807, 2.05) is 30.3 Å². The lowest BCUT2D eigenvalue weighted by Gasteiger charge is -2.31. The van der Waals surface area contributed by atoms with Crippen LogP contribution < -0.4 is 5.73 Å². The fourth-order valence-corrected chi connectivity index (χ4v) is 1.92. The first-order valence-corrected chi connectivity index (χ1v) is 6.41. The summed E-state index contributed by atoms with van der Waals surface area (Å²) in [5.41, 5.74) is 5.72. The Morgan fingerprint density at radius 1 is 1.20 bits per heavy atom. The molecule has 5 nitrogen and oxygen atoms in total. The van der Waals surface area contributed by atoms with E-state index >= 15 is 0 Å². The second-order valence-corrected chi connectivity index (χ2v) is 4.68. The maximum Gasteiger partial charge on any atom is 0.247 e. The van der Waals surface area contributed by atoms with E-state index in [1.54, 1.807) is 19.1 Å². The first-order valence-electron chi connectivity index (χ1n) is 6.41. The lowest BCUT2D eigenvalue weighted by Crippen LogP contribution is -2.51. The predicted molar refractivity (Wildman–Crippen MR) is 75.0 cm³/mol. The monoisotopic (exact) mass is 270 g/mol. The number of nitriles is 2. The highest BCUT2D eigenvalue weighted by atomic mass is 16.2. The molecule has 0 saturated carbocycles. The van der Waals surface area contributed by atoms with Crippen LogP contribution >= 0.6 is 0 Å². The van der Waals surface area contributed by atoms with Gasteiger partial charge in [-0.3, -0.25) is 4.79 Å². The van der Waals surface area contributed by atoms with Crippen molar-refractivity contribution < 1.29 is 4.79 Å². The molecule has 1 amide bonds. The fourth-order valence-electron chi connectivity index (χ4n) is 1.92. The number of nitrogens with zero attached hydrogens (tertiary/aromatic N) is 3. The van der Waals surface area contributed by atoms with Crippen LogP contribution in [0.3, 0.4) is 0 Å². The van der Waals surface area contributed by atoms with Crippen LogP contribution in [-0.2, 0) is 10.3 Å². The molecule has 0 saturated heterocycles. The van der Waals surface area contributed by atoms with Gasteiger partial charge < -0.3 is 10.6 Å². The predicted octanol–water partition coefficient (Wildman–Crippen LogP) is 1.52. The smallest absolute Gasteiger partial charge is 0.247 e. The van der Waals surface area contributed by atoms with Crippen molar-refractivity contribution >= 4 is 5.91 Å². The molecule has 0 aliphatic heterocycles. The van der Waals surface area contributed by atoms with Crippen LogP contribution in [0.2, 0.25) is 0 Å². The summed E-state index contributed by atoms with van der Waals surface area (Å²) >= 11 is 0. The van der Waals surface area contributed by atoms with Gasteiger partial charge in [0, 0.05) is 13.1 Å². The maximum atomic E-state index is 12.6. The van der Waals surface area contributed by atoms with Crippen molar-refractivity contribution in [3.63, 3.8) is 0 Å². The number of nitrogens with two attached hydrogens (primary N) is 1. The van der Waals surface area contributed by atoms with E-state index in [-0.39, 0.29) is 31.8 Å². The first-order chi connectivity index (χ1) is 9.54. The number of amides is 1. The zero-order chi connectivity index (χ0) is 15.0. The number of benzene rings is 1. The highest BCUT2D eigenvalue weighted by Gasteiger charge is 2.34. The molecular weight excluding hydrogens is 252 g/mol. The van der Waals surface area contributed by atoms with Crippen LogP contribution in [0.4, 0.5) is 0 Å². The molecule has 0 fully saturated rings. The summed E-state index contributed by atoms with van der Waals surface area (Å²) in [4.78, 5) is 14.0. The van der Waals surface area contributed by atoms with Gasteiger partial charge in [-0.1, -0.05) is 30.3 Å². The molecule has 0 aliphatic carbocycles. The van der Waals surface area contributed by atoms with E-state index in [1.165, 1.54) is 4.90 Å². The summed E-state index contributed by atoms with van der Waals surface area (Å²) in [5, 5.41) is 17.3. The third-order valence-electron chi connectivity index (χ3n) is 3.09. The highest BCUT2D eigenvalue weighted by molar-refractivity contribution is 5.87. The number of hydrogen-bond donors (Lipinski definition) is 1. The zero-order valence-electron chi connectivity index (χ0n) is 11.5. The lowest BCUT2D eigenvalue weighted by atomic mass is 9.91. The number of carbonyl (C=O) groups is 1. The summed E-state index contributed by atoms with van der Waals surface area (Å²) < 4.78 is 0. The average molecular weight is 270 g/mol. The molecule has 2 N–H and O–H groups in total. The molecule has 5 heteroatoms. The van der Waals surface area contributed by atoms with E-state index in [9.17, 15) is 4.79 Å². The van der Waals surface area contributed by atoms with Crippen LogP contribution in [0, 0.1) is 22.7 Å². The van der Waals surface area contributed by atoms with E-state index < -0.39 is 5.54 Å². The van der Waals surface area contributed by atoms with Gasteiger partial charge in [-0.05, 0) is 12.5 Å². The van der Waals surface area contributed by atoms with Gasteiger partial charge in [0.05, 0.1) is 25.0 Å². The highest BCUT2D eigenvalue weighted by Crippen LogP contribution is 2.20. The molecule has 1 unspecified atom stereocenters. The first kappa shape index (κ1) is 15.7. The Balaban J connectivity index is 2.92. The summed E-state index contributed by atoms with van der Waals surface area (Å²) in [5.74, 6) is -0.269. The van der Waals surface area contributed by atoms with E-state index in [0.717, 1.165) is 0 Å². The molecule has 1 aromatic carbocycles. The van der Waals surface area contributed by atoms with Gasteiger partial charge in [0.2, 0.25) is 5.91 Å². The van der Waals surface area contributed by atoms with Crippen molar-refractivity contribution in [2.45, 2.75) is 25.3 Å². The third-order valence-corrected chi connectivity index (χ3v) is 3.09. The van der Waals surface area contributed by atoms with Gasteiger partial charge in [0.1, 0.15) is 5.54 Å². The van der Waals surface area contributed by atoms with Crippen LogP contribution in [0.25, 0.3) is 0 Å². The van der Waals surface area contributed by atoms with Gasteiger partial charge in [0.15, 0.2) is 0 Å². The minimum Gasteiger partial charge on any atom is -0.339 e. The fraction of sp³-hybridized carbons (Fsp3) is 0.400. The SMILES string of the molecule is CC(N)(C(=O)N(CCC#N)CCC#N)c1ccccc1. The van der Waals surface area contributed by atoms with Gasteiger partial charge in [-0.2, -0.15) is 10.5 Å². The minimum absolute atomic E-state index is 0.224. The molecule has 0 aliphatic rings. The van der Waals surface area contributed by atoms with E-state index in [0.29, 0.717) is 5.56 Å². The van der Waals surface area contributed by atoms with E-state index in [2.05, 4.69) is 0 Å². The van der Waals surface area contributed by atoms with Crippen molar-refractivity contribution in [3.8, 4) is 12.1 Å². The Labute approximate surface area is 119 Å². The largest absolute Gasteiger partial charge is 0.339 e. The van der Waals surface area contributed by atoms with Gasteiger partial charge >= 0.3 is 0 Å². The van der Waals surface area contributed by atoms with Crippen LogP contribution in [0.15, 0.2) is 30.3 Å². The number of carbonyl (C=O) groups excluding carboxylic acids is 1. The molecule has 0 radical (unpaired) electrons. The summed E-state index contributed by atoms with van der Waals surface area (Å²) in [6.45, 7) is 2.23. The molecule has 0 aromatic heterocycles. The van der Waals surface area contributed by atoms with Crippen LogP contribution in [0.5, 0.6) is 0 Å². The van der Waals surface area contributed by atoms with Crippen molar-refractivity contribution in [2.24, 2.45) is 5.73 Å². The molecule has 0 bridgehead atoms. The second kappa shape index (κ2) is 7.28. The van der Waals surface area contributed by atoms with Gasteiger partial charge in [0.25, 0.3) is 0 Å². The average Bonchev–Trinajstić information content (AvgIpc) is 2.47. The molecular formula is C15H18N4O. The second-order valence-electron chi connectivity index (χ2n) is 4.68. The van der Waals surface area contributed by atoms with Crippen molar-refractivity contribution in [2.75, 3.05) is 13.1 Å². The van der Waals surface area contributed by atoms with Gasteiger partial charge in [-0.25, -0.2) is 0 Å². The van der Waals surface area contributed by atoms with Crippen molar-refractivity contribution in [1.82, 2.24) is 4.90 Å². The lowest BCUT2D eigenvalue weighted by molar-refractivity contribution is -0.136. The number of rotatable bonds is 6. The molecule has 0 heterocycles. The molecule has 20 heavy (non-hydrogen) atoms. The van der Waals surface area contributed by atoms with Crippen LogP contribution in [-0.4, -0.2) is 23.9 Å². The Kier molecular flexibility index (Phi) is 5.71. The third kappa shape index (κ3) is 3.81. The van der Waals surface area contributed by atoms with Crippen molar-refractivity contribution in [1.29, 1.82) is 10.5 Å². The van der Waals surface area contributed by atoms with Gasteiger partial charge in [-0.15, -0.1) is 0 Å². The summed E-state index contributed by atoms with van der Waals surface area (Å²) in [6.07, 6.45) is 0.448. The molecule has 0 spiro atoms. The van der Waals surface area contributed by atoms with Crippen molar-refractivity contribution in [3.05, 3.63) is 35.9 Å².